The highest BCUT2D eigenvalue weighted by Gasteiger charge is 2.38. The number of para-hydroxylation sites is 1. The van der Waals surface area contributed by atoms with Crippen molar-refractivity contribution in [3.8, 4) is 0 Å². The van der Waals surface area contributed by atoms with E-state index < -0.39 is 12.1 Å². The fourth-order valence-corrected chi connectivity index (χ4v) is 5.18. The Labute approximate surface area is 225 Å². The molecule has 2 aromatic carbocycles. The number of aliphatic carboxylic acids is 1. The number of alkyl halides is 3. The van der Waals surface area contributed by atoms with Crippen molar-refractivity contribution < 1.29 is 27.9 Å². The van der Waals surface area contributed by atoms with Crippen LogP contribution in [0.15, 0.2) is 71.8 Å². The molecule has 0 bridgehead atoms. The van der Waals surface area contributed by atoms with E-state index in [1.807, 2.05) is 62.8 Å². The van der Waals surface area contributed by atoms with Crippen LogP contribution in [-0.2, 0) is 17.6 Å². The minimum atomic E-state index is -5.08. The standard InChI is InChI=1S/C25H24N4O2S.C2HF3O2/c1-27(2)19-13-18-10-6-7-11-22(18)28(15-19)23(30)21-14-26-25-29(24(21)31)16-20(32-25)12-17-8-4-3-5-9-17;3-2(4,5)1(6)7/h3-11,14,16,19H,12-13,15H2,1-2H3;(H,6,7). The van der Waals surface area contributed by atoms with Crippen LogP contribution < -0.4 is 10.5 Å². The van der Waals surface area contributed by atoms with Gasteiger partial charge in [-0.15, -0.1) is 11.3 Å². The Morgan fingerprint density at radius 3 is 2.38 bits per heavy atom. The maximum absolute atomic E-state index is 13.6. The van der Waals surface area contributed by atoms with E-state index in [4.69, 9.17) is 9.90 Å². The lowest BCUT2D eigenvalue weighted by atomic mass is 9.96. The highest BCUT2D eigenvalue weighted by atomic mass is 32.1. The van der Waals surface area contributed by atoms with E-state index in [1.165, 1.54) is 27.5 Å². The molecule has 3 heterocycles. The number of carboxylic acids is 1. The lowest BCUT2D eigenvalue weighted by molar-refractivity contribution is -0.192. The molecule has 0 spiro atoms. The van der Waals surface area contributed by atoms with Gasteiger partial charge in [-0.3, -0.25) is 14.0 Å². The third kappa shape index (κ3) is 6.35. The average molecular weight is 559 g/mol. The van der Waals surface area contributed by atoms with Gasteiger partial charge in [-0.1, -0.05) is 48.5 Å². The van der Waals surface area contributed by atoms with E-state index in [9.17, 15) is 22.8 Å². The van der Waals surface area contributed by atoms with Crippen LogP contribution in [0.4, 0.5) is 18.9 Å². The molecule has 12 heteroatoms. The molecule has 1 unspecified atom stereocenters. The molecule has 0 saturated heterocycles. The van der Waals surface area contributed by atoms with Crippen molar-refractivity contribution in [1.82, 2.24) is 14.3 Å². The van der Waals surface area contributed by atoms with Crippen molar-refractivity contribution in [3.63, 3.8) is 0 Å². The second-order valence-electron chi connectivity index (χ2n) is 9.16. The Balaban J connectivity index is 0.000000448. The van der Waals surface area contributed by atoms with E-state index in [0.29, 0.717) is 11.5 Å². The third-order valence-corrected chi connectivity index (χ3v) is 7.25. The Kier molecular flexibility index (Phi) is 8.17. The smallest absolute Gasteiger partial charge is 0.475 e. The molecule has 4 aromatic rings. The molecular weight excluding hydrogens is 533 g/mol. The van der Waals surface area contributed by atoms with Crippen molar-refractivity contribution >= 4 is 33.9 Å². The first-order valence-corrected chi connectivity index (χ1v) is 12.7. The Bertz CT molecular complexity index is 1550. The molecule has 1 atom stereocenters. The lowest BCUT2D eigenvalue weighted by Crippen LogP contribution is -2.49. The average Bonchev–Trinajstić information content (AvgIpc) is 3.31. The van der Waals surface area contributed by atoms with Gasteiger partial charge in [0.15, 0.2) is 4.96 Å². The first kappa shape index (κ1) is 28.0. The molecule has 8 nitrogen and oxygen atoms in total. The first-order valence-electron chi connectivity index (χ1n) is 11.9. The highest BCUT2D eigenvalue weighted by molar-refractivity contribution is 7.17. The molecule has 1 aliphatic heterocycles. The number of carboxylic acid groups (broad SMARTS) is 1. The van der Waals surface area contributed by atoms with Crippen LogP contribution in [0.3, 0.4) is 0 Å². The van der Waals surface area contributed by atoms with Crippen molar-refractivity contribution in [1.29, 1.82) is 0 Å². The van der Waals surface area contributed by atoms with Crippen LogP contribution in [0.2, 0.25) is 0 Å². The van der Waals surface area contributed by atoms with Crippen LogP contribution >= 0.6 is 11.3 Å². The summed E-state index contributed by atoms with van der Waals surface area (Å²) in [6.07, 6.45) is -0.241. The predicted molar refractivity (Wildman–Crippen MR) is 142 cm³/mol. The second-order valence-corrected chi connectivity index (χ2v) is 10.3. The number of rotatable bonds is 4. The topological polar surface area (TPSA) is 95.2 Å². The Morgan fingerprint density at radius 1 is 1.10 bits per heavy atom. The summed E-state index contributed by atoms with van der Waals surface area (Å²) in [6.45, 7) is 0.536. The molecule has 1 amide bonds. The zero-order valence-corrected chi connectivity index (χ0v) is 21.9. The quantitative estimate of drug-likeness (QED) is 0.405. The van der Waals surface area contributed by atoms with Crippen LogP contribution in [0, 0.1) is 0 Å². The van der Waals surface area contributed by atoms with Crippen LogP contribution in [0.25, 0.3) is 4.96 Å². The van der Waals surface area contributed by atoms with E-state index in [-0.39, 0.29) is 23.1 Å². The number of carbonyl (C=O) groups is 2. The molecule has 39 heavy (non-hydrogen) atoms. The van der Waals surface area contributed by atoms with Gasteiger partial charge in [0.05, 0.1) is 0 Å². The maximum atomic E-state index is 13.6. The van der Waals surface area contributed by atoms with Crippen molar-refractivity contribution in [2.45, 2.75) is 25.1 Å². The lowest BCUT2D eigenvalue weighted by Gasteiger charge is -2.37. The number of aromatic nitrogens is 2. The summed E-state index contributed by atoms with van der Waals surface area (Å²) in [6, 6.07) is 18.2. The number of amides is 1. The number of hydrogen-bond donors (Lipinski definition) is 1. The fraction of sp³-hybridized carbons (Fsp3) is 0.259. The molecule has 204 valence electrons. The summed E-state index contributed by atoms with van der Waals surface area (Å²) in [4.78, 5) is 45.7. The van der Waals surface area contributed by atoms with Gasteiger partial charge in [0, 0.05) is 42.0 Å². The number of nitrogens with zero attached hydrogens (tertiary/aromatic N) is 4. The van der Waals surface area contributed by atoms with Gasteiger partial charge in [-0.25, -0.2) is 9.78 Å². The molecule has 2 aromatic heterocycles. The number of anilines is 1. The van der Waals surface area contributed by atoms with Gasteiger partial charge in [-0.2, -0.15) is 13.2 Å². The monoisotopic (exact) mass is 558 g/mol. The van der Waals surface area contributed by atoms with Gasteiger partial charge in [-0.05, 0) is 37.7 Å². The number of carbonyl (C=O) groups excluding carboxylic acids is 1. The van der Waals surface area contributed by atoms with E-state index in [1.54, 1.807) is 4.90 Å². The van der Waals surface area contributed by atoms with Crippen molar-refractivity contribution in [3.05, 3.63) is 98.9 Å². The molecule has 0 aliphatic carbocycles. The molecule has 0 radical (unpaired) electrons. The van der Waals surface area contributed by atoms with Crippen molar-refractivity contribution in [2.24, 2.45) is 0 Å². The number of likely N-dealkylation sites (N-methyl/N-ethyl adjacent to an activating group) is 1. The highest BCUT2D eigenvalue weighted by Crippen LogP contribution is 2.29. The molecule has 1 N–H and O–H groups in total. The maximum Gasteiger partial charge on any atom is 0.490 e. The largest absolute Gasteiger partial charge is 0.490 e. The first-order chi connectivity index (χ1) is 18.5. The minimum Gasteiger partial charge on any atom is -0.475 e. The number of fused-ring (bicyclic) bond motifs is 2. The summed E-state index contributed by atoms with van der Waals surface area (Å²) in [5, 5.41) is 7.12. The molecule has 0 saturated carbocycles. The minimum absolute atomic E-state index is 0.0979. The molecule has 1 aliphatic rings. The van der Waals surface area contributed by atoms with Crippen LogP contribution in [0.5, 0.6) is 0 Å². The number of hydrogen-bond acceptors (Lipinski definition) is 6. The van der Waals surface area contributed by atoms with E-state index in [0.717, 1.165) is 29.0 Å². The van der Waals surface area contributed by atoms with E-state index in [2.05, 4.69) is 22.0 Å². The summed E-state index contributed by atoms with van der Waals surface area (Å²) >= 11 is 1.48. The molecule has 5 rings (SSSR count). The van der Waals surface area contributed by atoms with Crippen LogP contribution in [0.1, 0.15) is 26.4 Å². The Hall–Kier alpha value is -4.03. The summed E-state index contributed by atoms with van der Waals surface area (Å²) in [5.74, 6) is -3.06. The summed E-state index contributed by atoms with van der Waals surface area (Å²) in [5.41, 5.74) is 2.93. The molecular formula is C27H25F3N4O4S. The normalized spacial score (nSPS) is 15.0. The summed E-state index contributed by atoms with van der Waals surface area (Å²) < 4.78 is 33.2. The van der Waals surface area contributed by atoms with E-state index >= 15 is 0 Å². The SMILES string of the molecule is CN(C)C1Cc2ccccc2N(C(=O)c2cnc3sc(Cc4ccccc4)cn3c2=O)C1.O=C(O)C(F)(F)F. The van der Waals surface area contributed by atoms with Gasteiger partial charge < -0.3 is 14.9 Å². The van der Waals surface area contributed by atoms with Gasteiger partial charge in [0.2, 0.25) is 0 Å². The number of thiazole rings is 1. The number of benzene rings is 2. The fourth-order valence-electron chi connectivity index (χ4n) is 4.21. The van der Waals surface area contributed by atoms with Gasteiger partial charge in [0.1, 0.15) is 5.56 Å². The van der Waals surface area contributed by atoms with Crippen LogP contribution in [-0.4, -0.2) is 64.1 Å². The van der Waals surface area contributed by atoms with Gasteiger partial charge in [0.25, 0.3) is 11.5 Å². The predicted octanol–water partition coefficient (Wildman–Crippen LogP) is 4.11. The summed E-state index contributed by atoms with van der Waals surface area (Å²) in [7, 11) is 4.03. The molecule has 0 fully saturated rings. The zero-order valence-electron chi connectivity index (χ0n) is 21.1. The second kappa shape index (κ2) is 11.4. The zero-order chi connectivity index (χ0) is 28.3. The van der Waals surface area contributed by atoms with Crippen molar-refractivity contribution in [2.75, 3.05) is 25.5 Å². The third-order valence-electron chi connectivity index (χ3n) is 6.26. The Morgan fingerprint density at radius 2 is 1.74 bits per heavy atom. The number of halogens is 3. The van der Waals surface area contributed by atoms with Gasteiger partial charge >= 0.3 is 12.1 Å².